The molecule has 1 unspecified atom stereocenters. The van der Waals surface area contributed by atoms with Gasteiger partial charge in [-0.05, 0) is 25.1 Å². The maximum Gasteiger partial charge on any atom is 0.414 e. The molecule has 1 atom stereocenters. The molecule has 0 fully saturated rings. The Bertz CT molecular complexity index is 976. The SMILES string of the molecule is CC(NC(=O)Oc1ncccc1O)c1nc(-c2ccncn2)cc(=O)[nH]1. The van der Waals surface area contributed by atoms with Gasteiger partial charge >= 0.3 is 6.09 Å². The van der Waals surface area contributed by atoms with Gasteiger partial charge in [-0.2, -0.15) is 0 Å². The third kappa shape index (κ3) is 3.98. The van der Waals surface area contributed by atoms with Gasteiger partial charge in [-0.15, -0.1) is 0 Å². The summed E-state index contributed by atoms with van der Waals surface area (Å²) in [6.45, 7) is 1.61. The molecule has 3 aromatic rings. The Labute approximate surface area is 147 Å². The highest BCUT2D eigenvalue weighted by molar-refractivity contribution is 5.71. The highest BCUT2D eigenvalue weighted by Gasteiger charge is 2.16. The van der Waals surface area contributed by atoms with Crippen molar-refractivity contribution < 1.29 is 14.6 Å². The summed E-state index contributed by atoms with van der Waals surface area (Å²) in [7, 11) is 0. The molecule has 26 heavy (non-hydrogen) atoms. The number of hydrogen-bond acceptors (Lipinski definition) is 8. The van der Waals surface area contributed by atoms with E-state index >= 15 is 0 Å². The van der Waals surface area contributed by atoms with E-state index < -0.39 is 17.7 Å². The van der Waals surface area contributed by atoms with E-state index in [9.17, 15) is 14.7 Å². The molecular weight excluding hydrogens is 340 g/mol. The van der Waals surface area contributed by atoms with Gasteiger partial charge in [0, 0.05) is 18.5 Å². The first kappa shape index (κ1) is 17.0. The van der Waals surface area contributed by atoms with Crippen molar-refractivity contribution in [3.63, 3.8) is 0 Å². The number of carbonyl (C=O) groups excluding carboxylic acids is 1. The second-order valence-electron chi connectivity index (χ2n) is 5.19. The predicted molar refractivity (Wildman–Crippen MR) is 89.4 cm³/mol. The smallest absolute Gasteiger partial charge is 0.414 e. The molecule has 3 aromatic heterocycles. The van der Waals surface area contributed by atoms with Crippen LogP contribution in [-0.2, 0) is 0 Å². The van der Waals surface area contributed by atoms with E-state index in [0.717, 1.165) is 0 Å². The largest absolute Gasteiger partial charge is 0.503 e. The van der Waals surface area contributed by atoms with Crippen LogP contribution in [0.15, 0.2) is 47.8 Å². The summed E-state index contributed by atoms with van der Waals surface area (Å²) in [4.78, 5) is 42.3. The number of nitrogens with zero attached hydrogens (tertiary/aromatic N) is 4. The molecule has 3 rings (SSSR count). The van der Waals surface area contributed by atoms with E-state index in [1.807, 2.05) is 0 Å². The van der Waals surface area contributed by atoms with Gasteiger partial charge in [0.1, 0.15) is 12.2 Å². The van der Waals surface area contributed by atoms with Gasteiger partial charge in [0.25, 0.3) is 11.4 Å². The summed E-state index contributed by atoms with van der Waals surface area (Å²) in [6.07, 6.45) is 3.39. The molecule has 10 nitrogen and oxygen atoms in total. The number of amides is 1. The lowest BCUT2D eigenvalue weighted by atomic mass is 10.2. The lowest BCUT2D eigenvalue weighted by Crippen LogP contribution is -2.32. The van der Waals surface area contributed by atoms with Crippen LogP contribution in [0, 0.1) is 0 Å². The van der Waals surface area contributed by atoms with Crippen molar-refractivity contribution in [1.82, 2.24) is 30.2 Å². The molecule has 3 heterocycles. The van der Waals surface area contributed by atoms with E-state index in [4.69, 9.17) is 4.74 Å². The van der Waals surface area contributed by atoms with Gasteiger partial charge in [-0.25, -0.2) is 24.7 Å². The fraction of sp³-hybridized carbons (Fsp3) is 0.125. The molecule has 0 aliphatic carbocycles. The Morgan fingerprint density at radius 2 is 2.12 bits per heavy atom. The van der Waals surface area contributed by atoms with Crippen LogP contribution in [0.5, 0.6) is 11.6 Å². The number of hydrogen-bond donors (Lipinski definition) is 3. The summed E-state index contributed by atoms with van der Waals surface area (Å²) in [5.74, 6) is -0.283. The van der Waals surface area contributed by atoms with Crippen LogP contribution < -0.4 is 15.6 Å². The summed E-state index contributed by atoms with van der Waals surface area (Å²) in [6, 6.07) is 5.06. The minimum Gasteiger partial charge on any atom is -0.503 e. The Balaban J connectivity index is 1.76. The van der Waals surface area contributed by atoms with Crippen LogP contribution in [-0.4, -0.2) is 36.1 Å². The van der Waals surface area contributed by atoms with Crippen molar-refractivity contribution in [2.24, 2.45) is 0 Å². The molecule has 0 saturated heterocycles. The van der Waals surface area contributed by atoms with E-state index in [0.29, 0.717) is 11.4 Å². The molecule has 3 N–H and O–H groups in total. The molecule has 0 aromatic carbocycles. The third-order valence-corrected chi connectivity index (χ3v) is 3.29. The van der Waals surface area contributed by atoms with Crippen LogP contribution in [0.2, 0.25) is 0 Å². The van der Waals surface area contributed by atoms with Crippen molar-refractivity contribution >= 4 is 6.09 Å². The molecular formula is C16H14N6O4. The number of carbonyl (C=O) groups is 1. The number of H-pyrrole nitrogens is 1. The number of rotatable bonds is 4. The minimum absolute atomic E-state index is 0.216. The lowest BCUT2D eigenvalue weighted by Gasteiger charge is -2.13. The van der Waals surface area contributed by atoms with Crippen molar-refractivity contribution in [2.75, 3.05) is 0 Å². The van der Waals surface area contributed by atoms with Crippen molar-refractivity contribution in [3.8, 4) is 23.0 Å². The molecule has 0 spiro atoms. The van der Waals surface area contributed by atoms with E-state index in [1.54, 1.807) is 13.0 Å². The molecule has 132 valence electrons. The van der Waals surface area contributed by atoms with Gasteiger partial charge in [-0.1, -0.05) is 0 Å². The fourth-order valence-corrected chi connectivity index (χ4v) is 2.08. The average Bonchev–Trinajstić information content (AvgIpc) is 2.64. The normalized spacial score (nSPS) is 11.6. The van der Waals surface area contributed by atoms with Crippen LogP contribution >= 0.6 is 0 Å². The lowest BCUT2D eigenvalue weighted by molar-refractivity contribution is 0.192. The topological polar surface area (TPSA) is 143 Å². The number of pyridine rings is 1. The summed E-state index contributed by atoms with van der Waals surface area (Å²) >= 11 is 0. The van der Waals surface area contributed by atoms with Crippen molar-refractivity contribution in [3.05, 3.63) is 59.2 Å². The van der Waals surface area contributed by atoms with E-state index in [2.05, 4.69) is 30.2 Å². The highest BCUT2D eigenvalue weighted by Crippen LogP contribution is 2.21. The number of ether oxygens (including phenoxy) is 1. The number of aromatic hydroxyl groups is 1. The first-order chi connectivity index (χ1) is 12.5. The first-order valence-corrected chi connectivity index (χ1v) is 7.53. The first-order valence-electron chi connectivity index (χ1n) is 7.53. The van der Waals surface area contributed by atoms with Crippen LogP contribution in [0.4, 0.5) is 4.79 Å². The molecule has 0 aliphatic heterocycles. The number of nitrogens with one attached hydrogen (secondary N) is 2. The molecule has 0 aliphatic rings. The number of aromatic nitrogens is 5. The zero-order chi connectivity index (χ0) is 18.5. The van der Waals surface area contributed by atoms with Crippen molar-refractivity contribution in [2.45, 2.75) is 13.0 Å². The summed E-state index contributed by atoms with van der Waals surface area (Å²) < 4.78 is 4.93. The Morgan fingerprint density at radius 1 is 1.27 bits per heavy atom. The van der Waals surface area contributed by atoms with Gasteiger partial charge in [-0.3, -0.25) is 4.79 Å². The predicted octanol–water partition coefficient (Wildman–Crippen LogP) is 1.18. The fourth-order valence-electron chi connectivity index (χ4n) is 2.08. The summed E-state index contributed by atoms with van der Waals surface area (Å²) in [5, 5.41) is 12.1. The number of aromatic amines is 1. The molecule has 0 saturated carbocycles. The minimum atomic E-state index is -0.860. The zero-order valence-corrected chi connectivity index (χ0v) is 13.6. The van der Waals surface area contributed by atoms with E-state index in [1.165, 1.54) is 36.9 Å². The Morgan fingerprint density at radius 3 is 2.85 bits per heavy atom. The second-order valence-corrected chi connectivity index (χ2v) is 5.19. The van der Waals surface area contributed by atoms with E-state index in [-0.39, 0.29) is 17.5 Å². The Kier molecular flexibility index (Phi) is 4.83. The quantitative estimate of drug-likeness (QED) is 0.633. The van der Waals surface area contributed by atoms with Crippen LogP contribution in [0.1, 0.15) is 18.8 Å². The van der Waals surface area contributed by atoms with Crippen LogP contribution in [0.3, 0.4) is 0 Å². The zero-order valence-electron chi connectivity index (χ0n) is 13.6. The standard InChI is InChI=1S/C16H14N6O4/c1-9(20-16(25)26-15-12(23)3-2-5-18-15)14-21-11(7-13(24)22-14)10-4-6-17-8-19-10/h2-9,23H,1H3,(H,20,25)(H,21,22,24). The third-order valence-electron chi connectivity index (χ3n) is 3.29. The second kappa shape index (κ2) is 7.38. The molecule has 0 radical (unpaired) electrons. The van der Waals surface area contributed by atoms with Gasteiger partial charge in [0.15, 0.2) is 5.75 Å². The molecule has 0 bridgehead atoms. The maximum absolute atomic E-state index is 12.0. The van der Waals surface area contributed by atoms with Gasteiger partial charge in [0.2, 0.25) is 0 Å². The van der Waals surface area contributed by atoms with Crippen LogP contribution in [0.25, 0.3) is 11.4 Å². The monoisotopic (exact) mass is 354 g/mol. The van der Waals surface area contributed by atoms with Gasteiger partial charge < -0.3 is 20.1 Å². The average molecular weight is 354 g/mol. The maximum atomic E-state index is 12.0. The Hall–Kier alpha value is -3.82. The van der Waals surface area contributed by atoms with Gasteiger partial charge in [0.05, 0.1) is 17.4 Å². The highest BCUT2D eigenvalue weighted by atomic mass is 16.6. The van der Waals surface area contributed by atoms with Crippen molar-refractivity contribution in [1.29, 1.82) is 0 Å². The molecule has 1 amide bonds. The summed E-state index contributed by atoms with van der Waals surface area (Å²) in [5.41, 5.74) is 0.420. The molecule has 10 heteroatoms.